The molecule has 0 aliphatic rings. The average molecular weight is 390 g/mol. The molecule has 3 aromatic rings. The van der Waals surface area contributed by atoms with Gasteiger partial charge in [-0.2, -0.15) is 0 Å². The highest BCUT2D eigenvalue weighted by Gasteiger charge is 2.11. The van der Waals surface area contributed by atoms with Crippen molar-refractivity contribution in [1.82, 2.24) is 14.9 Å². The summed E-state index contributed by atoms with van der Waals surface area (Å²) in [6.07, 6.45) is 1.95. The van der Waals surface area contributed by atoms with Gasteiger partial charge in [-0.25, -0.2) is 9.97 Å². The van der Waals surface area contributed by atoms with Gasteiger partial charge in [0.05, 0.1) is 24.4 Å². The summed E-state index contributed by atoms with van der Waals surface area (Å²) in [7, 11) is 3.76. The van der Waals surface area contributed by atoms with Crippen molar-refractivity contribution >= 4 is 22.7 Å². The van der Waals surface area contributed by atoms with Gasteiger partial charge in [0.25, 0.3) is 0 Å². The van der Waals surface area contributed by atoms with Crippen molar-refractivity contribution in [2.45, 2.75) is 26.9 Å². The minimum atomic E-state index is 0.614. The van der Waals surface area contributed by atoms with E-state index >= 15 is 0 Å². The van der Waals surface area contributed by atoms with Crippen LogP contribution < -0.4 is 9.47 Å². The van der Waals surface area contributed by atoms with Gasteiger partial charge in [0.2, 0.25) is 0 Å². The molecule has 0 saturated carbocycles. The number of hydrogen-bond donors (Lipinski definition) is 0. The first-order chi connectivity index (χ1) is 12.6. The van der Waals surface area contributed by atoms with Crippen molar-refractivity contribution in [3.63, 3.8) is 0 Å². The van der Waals surface area contributed by atoms with Crippen LogP contribution in [-0.4, -0.2) is 35.6 Å². The maximum Gasteiger partial charge on any atom is 0.161 e. The number of aryl methyl sites for hydroxylation is 1. The van der Waals surface area contributed by atoms with Crippen LogP contribution in [0.3, 0.4) is 0 Å². The molecule has 0 amide bonds. The topological polar surface area (TPSA) is 47.5 Å². The third-order valence-electron chi connectivity index (χ3n) is 3.79. The second kappa shape index (κ2) is 8.62. The van der Waals surface area contributed by atoms with Gasteiger partial charge in [0.1, 0.15) is 5.01 Å². The molecule has 0 unspecified atom stereocenters. The van der Waals surface area contributed by atoms with Crippen molar-refractivity contribution in [2.75, 3.05) is 20.8 Å². The lowest BCUT2D eigenvalue weighted by molar-refractivity contribution is 0.311. The van der Waals surface area contributed by atoms with Crippen LogP contribution in [0.5, 0.6) is 11.5 Å². The summed E-state index contributed by atoms with van der Waals surface area (Å²) in [5.41, 5.74) is 2.11. The van der Waals surface area contributed by atoms with Crippen molar-refractivity contribution in [3.05, 3.63) is 45.4 Å². The molecular formula is C19H23N3O2S2. The molecule has 0 fully saturated rings. The Bertz CT molecular complexity index is 860. The summed E-state index contributed by atoms with van der Waals surface area (Å²) in [6.45, 7) is 6.30. The van der Waals surface area contributed by atoms with E-state index in [1.807, 2.05) is 38.2 Å². The number of thiazole rings is 2. The van der Waals surface area contributed by atoms with Gasteiger partial charge >= 0.3 is 0 Å². The lowest BCUT2D eigenvalue weighted by Crippen LogP contribution is -2.16. The molecule has 0 atom stereocenters. The van der Waals surface area contributed by atoms with E-state index in [0.717, 1.165) is 45.9 Å². The normalized spacial score (nSPS) is 11.1. The van der Waals surface area contributed by atoms with Crippen LogP contribution in [0.25, 0.3) is 10.6 Å². The Morgan fingerprint density at radius 3 is 2.73 bits per heavy atom. The lowest BCUT2D eigenvalue weighted by atomic mass is 10.2. The highest BCUT2D eigenvalue weighted by atomic mass is 32.1. The van der Waals surface area contributed by atoms with Crippen molar-refractivity contribution < 1.29 is 9.47 Å². The SMILES string of the molecule is CCOc1ccc(-c2nc(CN(C)Cc3cnc(C)s3)cs2)cc1OC. The molecule has 0 radical (unpaired) electrons. The highest BCUT2D eigenvalue weighted by molar-refractivity contribution is 7.13. The third kappa shape index (κ3) is 4.60. The Hall–Kier alpha value is -1.96. The van der Waals surface area contributed by atoms with Crippen LogP contribution in [0.1, 0.15) is 22.5 Å². The molecule has 5 nitrogen and oxygen atoms in total. The number of hydrogen-bond acceptors (Lipinski definition) is 7. The number of ether oxygens (including phenoxy) is 2. The maximum absolute atomic E-state index is 5.58. The second-order valence-electron chi connectivity index (χ2n) is 5.96. The number of aromatic nitrogens is 2. The van der Waals surface area contributed by atoms with Crippen molar-refractivity contribution in [2.24, 2.45) is 0 Å². The van der Waals surface area contributed by atoms with E-state index in [1.54, 1.807) is 29.8 Å². The van der Waals surface area contributed by atoms with Gasteiger partial charge in [-0.05, 0) is 39.1 Å². The van der Waals surface area contributed by atoms with Crippen LogP contribution >= 0.6 is 22.7 Å². The van der Waals surface area contributed by atoms with E-state index < -0.39 is 0 Å². The van der Waals surface area contributed by atoms with E-state index in [2.05, 4.69) is 22.3 Å². The fourth-order valence-electron chi connectivity index (χ4n) is 2.66. The predicted octanol–water partition coefficient (Wildman–Crippen LogP) is 4.61. The summed E-state index contributed by atoms with van der Waals surface area (Å²) < 4.78 is 11.0. The number of benzene rings is 1. The zero-order chi connectivity index (χ0) is 18.5. The summed E-state index contributed by atoms with van der Waals surface area (Å²) in [6, 6.07) is 5.95. The molecule has 0 saturated heterocycles. The molecule has 26 heavy (non-hydrogen) atoms. The summed E-state index contributed by atoms with van der Waals surface area (Å²) in [5.74, 6) is 1.49. The molecule has 2 aromatic heterocycles. The zero-order valence-electron chi connectivity index (χ0n) is 15.5. The summed E-state index contributed by atoms with van der Waals surface area (Å²) >= 11 is 3.39. The van der Waals surface area contributed by atoms with Gasteiger partial charge in [-0.3, -0.25) is 4.90 Å². The molecular weight excluding hydrogens is 366 g/mol. The standard InChI is InChI=1S/C19H23N3O2S2/c1-5-24-17-7-6-14(8-18(17)23-4)19-21-15(12-25-19)10-22(3)11-16-9-20-13(2)26-16/h6-9,12H,5,10-11H2,1-4H3. The predicted molar refractivity (Wildman–Crippen MR) is 107 cm³/mol. The van der Waals surface area contributed by atoms with Gasteiger partial charge in [0, 0.05) is 35.1 Å². The average Bonchev–Trinajstić information content (AvgIpc) is 3.24. The van der Waals surface area contributed by atoms with E-state index in [1.165, 1.54) is 4.88 Å². The molecule has 0 aliphatic heterocycles. The van der Waals surface area contributed by atoms with Gasteiger partial charge in [-0.15, -0.1) is 22.7 Å². The minimum absolute atomic E-state index is 0.614. The fraction of sp³-hybridized carbons (Fsp3) is 0.368. The lowest BCUT2D eigenvalue weighted by Gasteiger charge is -2.13. The quantitative estimate of drug-likeness (QED) is 0.563. The monoisotopic (exact) mass is 389 g/mol. The Kier molecular flexibility index (Phi) is 6.24. The largest absolute Gasteiger partial charge is 0.493 e. The van der Waals surface area contributed by atoms with Crippen molar-refractivity contribution in [1.29, 1.82) is 0 Å². The van der Waals surface area contributed by atoms with Gasteiger partial charge in [0.15, 0.2) is 11.5 Å². The fourth-order valence-corrected chi connectivity index (χ4v) is 4.35. The number of nitrogens with zero attached hydrogens (tertiary/aromatic N) is 3. The molecule has 2 heterocycles. The highest BCUT2D eigenvalue weighted by Crippen LogP contribution is 2.34. The first kappa shape index (κ1) is 18.8. The molecule has 0 bridgehead atoms. The first-order valence-electron chi connectivity index (χ1n) is 8.44. The van der Waals surface area contributed by atoms with Crippen LogP contribution in [0.4, 0.5) is 0 Å². The summed E-state index contributed by atoms with van der Waals surface area (Å²) in [5, 5.41) is 4.21. The van der Waals surface area contributed by atoms with E-state index in [0.29, 0.717) is 6.61 Å². The van der Waals surface area contributed by atoms with E-state index in [9.17, 15) is 0 Å². The van der Waals surface area contributed by atoms with Crippen LogP contribution in [0.2, 0.25) is 0 Å². The van der Waals surface area contributed by atoms with E-state index in [-0.39, 0.29) is 0 Å². The molecule has 0 aliphatic carbocycles. The molecule has 138 valence electrons. The van der Waals surface area contributed by atoms with Crippen LogP contribution in [0.15, 0.2) is 29.8 Å². The Balaban J connectivity index is 1.69. The Labute approximate surface area is 162 Å². The van der Waals surface area contributed by atoms with Gasteiger partial charge in [-0.1, -0.05) is 0 Å². The van der Waals surface area contributed by atoms with Crippen molar-refractivity contribution in [3.8, 4) is 22.1 Å². The second-order valence-corrected chi connectivity index (χ2v) is 8.14. The number of rotatable bonds is 8. The third-order valence-corrected chi connectivity index (χ3v) is 5.63. The first-order valence-corrected chi connectivity index (χ1v) is 10.1. The molecule has 3 rings (SSSR count). The van der Waals surface area contributed by atoms with Gasteiger partial charge < -0.3 is 9.47 Å². The Morgan fingerprint density at radius 2 is 2.04 bits per heavy atom. The minimum Gasteiger partial charge on any atom is -0.493 e. The molecule has 7 heteroatoms. The smallest absolute Gasteiger partial charge is 0.161 e. The molecule has 1 aromatic carbocycles. The molecule has 0 spiro atoms. The Morgan fingerprint density at radius 1 is 1.19 bits per heavy atom. The van der Waals surface area contributed by atoms with Crippen LogP contribution in [-0.2, 0) is 13.1 Å². The van der Waals surface area contributed by atoms with Crippen LogP contribution in [0, 0.1) is 6.92 Å². The maximum atomic E-state index is 5.58. The number of methoxy groups -OCH3 is 1. The zero-order valence-corrected chi connectivity index (χ0v) is 17.1. The summed E-state index contributed by atoms with van der Waals surface area (Å²) in [4.78, 5) is 12.6. The van der Waals surface area contributed by atoms with E-state index in [4.69, 9.17) is 14.5 Å². The molecule has 0 N–H and O–H groups in total.